The summed E-state index contributed by atoms with van der Waals surface area (Å²) < 4.78 is 10.7. The number of methoxy groups -OCH3 is 1. The van der Waals surface area contributed by atoms with E-state index >= 15 is 0 Å². The molecule has 2 N–H and O–H groups in total. The van der Waals surface area contributed by atoms with Crippen molar-refractivity contribution in [1.82, 2.24) is 20.3 Å². The van der Waals surface area contributed by atoms with E-state index in [9.17, 15) is 4.79 Å². The standard InChI is InChI=1S/C20H21N5O3/c1-27-16-5-7-17(8-6-16)28-13-12-22-19(26)18-9-11-23-20(25-18)24-14-15-4-2-3-10-21-15/h2-11H,12-14H2,1H3,(H,22,26)(H,23,24,25). The Bertz CT molecular complexity index is 888. The first-order chi connectivity index (χ1) is 13.7. The number of benzene rings is 1. The summed E-state index contributed by atoms with van der Waals surface area (Å²) in [6, 6.07) is 14.5. The van der Waals surface area contributed by atoms with Crippen LogP contribution in [-0.2, 0) is 6.54 Å². The van der Waals surface area contributed by atoms with E-state index in [0.29, 0.717) is 31.4 Å². The lowest BCUT2D eigenvalue weighted by molar-refractivity contribution is 0.0942. The fourth-order valence-corrected chi connectivity index (χ4v) is 2.34. The third-order valence-electron chi connectivity index (χ3n) is 3.76. The summed E-state index contributed by atoms with van der Waals surface area (Å²) in [6.07, 6.45) is 3.26. The van der Waals surface area contributed by atoms with Crippen LogP contribution >= 0.6 is 0 Å². The van der Waals surface area contributed by atoms with E-state index in [-0.39, 0.29) is 11.6 Å². The molecule has 0 atom stereocenters. The normalized spacial score (nSPS) is 10.2. The summed E-state index contributed by atoms with van der Waals surface area (Å²) in [7, 11) is 1.61. The predicted octanol–water partition coefficient (Wildman–Crippen LogP) is 2.30. The molecule has 3 rings (SSSR count). The summed E-state index contributed by atoms with van der Waals surface area (Å²) >= 11 is 0. The van der Waals surface area contributed by atoms with Crippen LogP contribution < -0.4 is 20.1 Å². The van der Waals surface area contributed by atoms with Crippen molar-refractivity contribution in [1.29, 1.82) is 0 Å². The van der Waals surface area contributed by atoms with Crippen molar-refractivity contribution in [3.63, 3.8) is 0 Å². The highest BCUT2D eigenvalue weighted by Crippen LogP contribution is 2.16. The van der Waals surface area contributed by atoms with Gasteiger partial charge in [-0.2, -0.15) is 0 Å². The molecule has 0 saturated carbocycles. The Morgan fingerprint density at radius 1 is 1.00 bits per heavy atom. The molecular formula is C20H21N5O3. The number of hydrogen-bond donors (Lipinski definition) is 2. The van der Waals surface area contributed by atoms with Gasteiger partial charge in [0.25, 0.3) is 5.91 Å². The largest absolute Gasteiger partial charge is 0.497 e. The third kappa shape index (κ3) is 5.66. The number of carbonyl (C=O) groups excluding carboxylic acids is 1. The molecule has 8 heteroatoms. The molecule has 0 spiro atoms. The van der Waals surface area contributed by atoms with Crippen LogP contribution in [0.4, 0.5) is 5.95 Å². The van der Waals surface area contributed by atoms with Gasteiger partial charge in [0.15, 0.2) is 0 Å². The van der Waals surface area contributed by atoms with E-state index in [1.165, 1.54) is 6.20 Å². The van der Waals surface area contributed by atoms with Gasteiger partial charge in [0.2, 0.25) is 5.95 Å². The first-order valence-electron chi connectivity index (χ1n) is 8.76. The summed E-state index contributed by atoms with van der Waals surface area (Å²) in [6.45, 7) is 1.17. The van der Waals surface area contributed by atoms with E-state index in [1.807, 2.05) is 42.5 Å². The highest BCUT2D eigenvalue weighted by molar-refractivity contribution is 5.92. The Morgan fingerprint density at radius 2 is 1.82 bits per heavy atom. The zero-order chi connectivity index (χ0) is 19.6. The smallest absolute Gasteiger partial charge is 0.270 e. The number of nitrogens with zero attached hydrogens (tertiary/aromatic N) is 3. The van der Waals surface area contributed by atoms with Crippen molar-refractivity contribution in [3.8, 4) is 11.5 Å². The molecule has 1 aromatic carbocycles. The molecule has 1 amide bonds. The maximum absolute atomic E-state index is 12.3. The zero-order valence-corrected chi connectivity index (χ0v) is 15.5. The number of aromatic nitrogens is 3. The molecule has 2 aromatic heterocycles. The second-order valence-electron chi connectivity index (χ2n) is 5.72. The Kier molecular flexibility index (Phi) is 6.73. The molecule has 0 bridgehead atoms. The van der Waals surface area contributed by atoms with Gasteiger partial charge < -0.3 is 20.1 Å². The number of ether oxygens (including phenoxy) is 2. The first-order valence-corrected chi connectivity index (χ1v) is 8.76. The van der Waals surface area contributed by atoms with E-state index in [2.05, 4.69) is 25.6 Å². The number of hydrogen-bond acceptors (Lipinski definition) is 7. The first kappa shape index (κ1) is 19.1. The van der Waals surface area contributed by atoms with E-state index < -0.39 is 0 Å². The number of rotatable bonds is 9. The predicted molar refractivity (Wildman–Crippen MR) is 104 cm³/mol. The lowest BCUT2D eigenvalue weighted by Gasteiger charge is -2.09. The summed E-state index contributed by atoms with van der Waals surface area (Å²) in [5.41, 5.74) is 1.14. The molecule has 0 saturated heterocycles. The molecule has 0 fully saturated rings. The molecular weight excluding hydrogens is 358 g/mol. The molecule has 0 radical (unpaired) electrons. The van der Waals surface area contributed by atoms with Gasteiger partial charge in [0.1, 0.15) is 23.8 Å². The van der Waals surface area contributed by atoms with Crippen molar-refractivity contribution in [2.75, 3.05) is 25.6 Å². The minimum absolute atomic E-state index is 0.281. The Morgan fingerprint density at radius 3 is 2.57 bits per heavy atom. The maximum Gasteiger partial charge on any atom is 0.270 e. The van der Waals surface area contributed by atoms with Crippen molar-refractivity contribution in [3.05, 3.63) is 72.3 Å². The summed E-state index contributed by atoms with van der Waals surface area (Å²) in [4.78, 5) is 24.8. The zero-order valence-electron chi connectivity index (χ0n) is 15.5. The number of anilines is 1. The minimum atomic E-state index is -0.290. The van der Waals surface area contributed by atoms with E-state index in [1.54, 1.807) is 19.4 Å². The molecule has 3 aromatic rings. The van der Waals surface area contributed by atoms with Crippen LogP contribution in [0.3, 0.4) is 0 Å². The Hall–Kier alpha value is -3.68. The van der Waals surface area contributed by atoms with Gasteiger partial charge in [0, 0.05) is 12.4 Å². The molecule has 144 valence electrons. The molecule has 0 aliphatic heterocycles. The Labute approximate surface area is 163 Å². The van der Waals surface area contributed by atoms with Gasteiger partial charge in [-0.15, -0.1) is 0 Å². The fourth-order valence-electron chi connectivity index (χ4n) is 2.34. The lowest BCUT2D eigenvalue weighted by Crippen LogP contribution is -2.29. The Balaban J connectivity index is 1.44. The van der Waals surface area contributed by atoms with Crippen molar-refractivity contribution < 1.29 is 14.3 Å². The molecule has 28 heavy (non-hydrogen) atoms. The second-order valence-corrected chi connectivity index (χ2v) is 5.72. The van der Waals surface area contributed by atoms with Crippen molar-refractivity contribution >= 4 is 11.9 Å². The fraction of sp³-hybridized carbons (Fsp3) is 0.200. The molecule has 0 aliphatic rings. The second kappa shape index (κ2) is 9.86. The van der Waals surface area contributed by atoms with Gasteiger partial charge in [-0.25, -0.2) is 9.97 Å². The van der Waals surface area contributed by atoms with Crippen LogP contribution in [0.5, 0.6) is 11.5 Å². The van der Waals surface area contributed by atoms with Gasteiger partial charge in [-0.3, -0.25) is 9.78 Å². The van der Waals surface area contributed by atoms with Gasteiger partial charge >= 0.3 is 0 Å². The van der Waals surface area contributed by atoms with Crippen molar-refractivity contribution in [2.24, 2.45) is 0 Å². The third-order valence-corrected chi connectivity index (χ3v) is 3.76. The highest BCUT2D eigenvalue weighted by Gasteiger charge is 2.08. The molecule has 2 heterocycles. The quantitative estimate of drug-likeness (QED) is 0.551. The molecule has 0 aliphatic carbocycles. The number of nitrogens with one attached hydrogen (secondary N) is 2. The van der Waals surface area contributed by atoms with Crippen LogP contribution in [0.15, 0.2) is 60.9 Å². The average molecular weight is 379 g/mol. The van der Waals surface area contributed by atoms with Crippen LogP contribution in [0.1, 0.15) is 16.2 Å². The molecule has 8 nitrogen and oxygen atoms in total. The number of carbonyl (C=O) groups is 1. The van der Waals surface area contributed by atoms with Crippen LogP contribution in [0.25, 0.3) is 0 Å². The summed E-state index contributed by atoms with van der Waals surface area (Å²) in [5.74, 6) is 1.55. The van der Waals surface area contributed by atoms with Gasteiger partial charge in [0.05, 0.1) is 25.9 Å². The van der Waals surface area contributed by atoms with Gasteiger partial charge in [-0.05, 0) is 42.5 Å². The van der Waals surface area contributed by atoms with Gasteiger partial charge in [-0.1, -0.05) is 6.07 Å². The SMILES string of the molecule is COc1ccc(OCCNC(=O)c2ccnc(NCc3ccccn3)n2)cc1. The highest BCUT2D eigenvalue weighted by atomic mass is 16.5. The topological polar surface area (TPSA) is 98.3 Å². The van der Waals surface area contributed by atoms with E-state index in [0.717, 1.165) is 11.4 Å². The minimum Gasteiger partial charge on any atom is -0.497 e. The lowest BCUT2D eigenvalue weighted by atomic mass is 10.3. The van der Waals surface area contributed by atoms with Crippen LogP contribution in [0.2, 0.25) is 0 Å². The van der Waals surface area contributed by atoms with Crippen molar-refractivity contribution in [2.45, 2.75) is 6.54 Å². The monoisotopic (exact) mass is 379 g/mol. The van der Waals surface area contributed by atoms with E-state index in [4.69, 9.17) is 9.47 Å². The van der Waals surface area contributed by atoms with Crippen LogP contribution in [0, 0.1) is 0 Å². The number of pyridine rings is 1. The number of amides is 1. The van der Waals surface area contributed by atoms with Crippen LogP contribution in [-0.4, -0.2) is 41.1 Å². The molecule has 0 unspecified atom stereocenters. The average Bonchev–Trinajstić information content (AvgIpc) is 2.76. The summed E-state index contributed by atoms with van der Waals surface area (Å²) in [5, 5.41) is 5.83. The maximum atomic E-state index is 12.3.